The highest BCUT2D eigenvalue weighted by atomic mass is 35.5. The van der Waals surface area contributed by atoms with Crippen molar-refractivity contribution in [3.8, 4) is 0 Å². The molecule has 25 heavy (non-hydrogen) atoms. The van der Waals surface area contributed by atoms with E-state index in [0.29, 0.717) is 35.8 Å². The first kappa shape index (κ1) is 17.2. The van der Waals surface area contributed by atoms with Gasteiger partial charge in [-0.05, 0) is 36.2 Å². The number of hydrogen-bond acceptors (Lipinski definition) is 3. The zero-order valence-corrected chi connectivity index (χ0v) is 14.4. The first-order valence-corrected chi connectivity index (χ1v) is 8.49. The summed E-state index contributed by atoms with van der Waals surface area (Å²) in [7, 11) is 0. The Morgan fingerprint density at radius 2 is 1.92 bits per heavy atom. The van der Waals surface area contributed by atoms with Crippen LogP contribution in [-0.2, 0) is 16.0 Å². The molecule has 0 spiro atoms. The van der Waals surface area contributed by atoms with Crippen molar-refractivity contribution in [2.75, 3.05) is 11.6 Å². The monoisotopic (exact) mass is 355 g/mol. The van der Waals surface area contributed by atoms with Gasteiger partial charge in [0.2, 0.25) is 5.91 Å². The average Bonchev–Trinajstić information content (AvgIpc) is 2.63. The number of hydrogen-bond donors (Lipinski definition) is 1. The Kier molecular flexibility index (Phi) is 5.46. The van der Waals surface area contributed by atoms with Gasteiger partial charge >= 0.3 is 0 Å². The van der Waals surface area contributed by atoms with Crippen molar-refractivity contribution < 1.29 is 9.59 Å². The fourth-order valence-corrected chi connectivity index (χ4v) is 2.82. The van der Waals surface area contributed by atoms with Gasteiger partial charge in [-0.3, -0.25) is 9.59 Å². The predicted molar refractivity (Wildman–Crippen MR) is 98.8 cm³/mol. The molecule has 5 nitrogen and oxygen atoms in total. The van der Waals surface area contributed by atoms with Crippen molar-refractivity contribution in [3.05, 3.63) is 65.2 Å². The molecule has 2 aromatic rings. The number of hydrazone groups is 1. The summed E-state index contributed by atoms with van der Waals surface area (Å²) in [6.45, 7) is 0.484. The van der Waals surface area contributed by atoms with Gasteiger partial charge in [0.05, 0.1) is 5.69 Å². The largest absolute Gasteiger partial charge is 0.351 e. The quantitative estimate of drug-likeness (QED) is 0.895. The molecule has 0 bridgehead atoms. The Bertz CT molecular complexity index is 805. The Labute approximate surface area is 151 Å². The van der Waals surface area contributed by atoms with E-state index in [4.69, 9.17) is 11.6 Å². The fourth-order valence-electron chi connectivity index (χ4n) is 2.60. The molecule has 0 saturated heterocycles. The van der Waals surface area contributed by atoms with E-state index in [1.807, 2.05) is 42.5 Å². The van der Waals surface area contributed by atoms with Gasteiger partial charge in [0.25, 0.3) is 5.91 Å². The van der Waals surface area contributed by atoms with E-state index in [1.165, 1.54) is 5.01 Å². The van der Waals surface area contributed by atoms with E-state index in [0.717, 1.165) is 5.56 Å². The minimum absolute atomic E-state index is 0.110. The summed E-state index contributed by atoms with van der Waals surface area (Å²) < 4.78 is 0. The number of benzene rings is 2. The van der Waals surface area contributed by atoms with E-state index in [1.54, 1.807) is 12.1 Å². The minimum atomic E-state index is -0.240. The van der Waals surface area contributed by atoms with Crippen molar-refractivity contribution in [1.29, 1.82) is 0 Å². The molecule has 0 aliphatic carbocycles. The molecular weight excluding hydrogens is 338 g/mol. The predicted octanol–water partition coefficient (Wildman–Crippen LogP) is 3.18. The van der Waals surface area contributed by atoms with E-state index in [9.17, 15) is 9.59 Å². The average molecular weight is 356 g/mol. The number of halogens is 1. The molecule has 0 aromatic heterocycles. The molecule has 1 aliphatic rings. The molecule has 2 aromatic carbocycles. The highest BCUT2D eigenvalue weighted by Gasteiger charge is 2.25. The van der Waals surface area contributed by atoms with E-state index >= 15 is 0 Å². The SMILES string of the molecule is O=C(NCCc1cccc(Cl)c1)C1=NN(c2ccccc2)C(=O)CC1. The van der Waals surface area contributed by atoms with Crippen LogP contribution in [0.5, 0.6) is 0 Å². The zero-order valence-electron chi connectivity index (χ0n) is 13.6. The Balaban J connectivity index is 1.62. The molecule has 6 heteroatoms. The highest BCUT2D eigenvalue weighted by molar-refractivity contribution is 6.40. The molecule has 128 valence electrons. The maximum atomic E-state index is 12.3. The number of amides is 2. The van der Waals surface area contributed by atoms with E-state index < -0.39 is 0 Å². The third-order valence-corrected chi connectivity index (χ3v) is 4.12. The summed E-state index contributed by atoms with van der Waals surface area (Å²) in [6, 6.07) is 16.7. The minimum Gasteiger partial charge on any atom is -0.351 e. The second-order valence-corrected chi connectivity index (χ2v) is 6.16. The van der Waals surface area contributed by atoms with Gasteiger partial charge in [-0.25, -0.2) is 5.01 Å². The number of para-hydroxylation sites is 1. The van der Waals surface area contributed by atoms with Crippen molar-refractivity contribution in [1.82, 2.24) is 5.32 Å². The first-order chi connectivity index (χ1) is 12.1. The second kappa shape index (κ2) is 7.94. The molecular formula is C19H18ClN3O2. The molecule has 3 rings (SSSR count). The lowest BCUT2D eigenvalue weighted by molar-refractivity contribution is -0.118. The highest BCUT2D eigenvalue weighted by Crippen LogP contribution is 2.19. The second-order valence-electron chi connectivity index (χ2n) is 5.72. The van der Waals surface area contributed by atoms with Crippen molar-refractivity contribution >= 4 is 34.8 Å². The standard InChI is InChI=1S/C19H18ClN3O2/c20-15-6-4-5-14(13-15)11-12-21-19(25)17-9-10-18(24)23(22-17)16-7-2-1-3-8-16/h1-8,13H,9-12H2,(H,21,25). The van der Waals surface area contributed by atoms with Gasteiger partial charge < -0.3 is 5.32 Å². The molecule has 0 unspecified atom stereocenters. The van der Waals surface area contributed by atoms with Gasteiger partial charge in [0.15, 0.2) is 0 Å². The Hall–Kier alpha value is -2.66. The summed E-state index contributed by atoms with van der Waals surface area (Å²) in [5.74, 6) is -0.350. The van der Waals surface area contributed by atoms with Gasteiger partial charge in [0.1, 0.15) is 5.71 Å². The summed E-state index contributed by atoms with van der Waals surface area (Å²) in [5.41, 5.74) is 2.09. The smallest absolute Gasteiger partial charge is 0.267 e. The summed E-state index contributed by atoms with van der Waals surface area (Å²) in [4.78, 5) is 24.4. The topological polar surface area (TPSA) is 61.8 Å². The van der Waals surface area contributed by atoms with E-state index in [2.05, 4.69) is 10.4 Å². The van der Waals surface area contributed by atoms with Gasteiger partial charge in [-0.15, -0.1) is 0 Å². The number of carbonyl (C=O) groups excluding carboxylic acids is 2. The summed E-state index contributed by atoms with van der Waals surface area (Å²) in [5, 5.41) is 9.08. The van der Waals surface area contributed by atoms with Crippen LogP contribution in [0.2, 0.25) is 5.02 Å². The van der Waals surface area contributed by atoms with Crippen LogP contribution in [0.25, 0.3) is 0 Å². The van der Waals surface area contributed by atoms with Crippen LogP contribution in [0.1, 0.15) is 18.4 Å². The first-order valence-electron chi connectivity index (χ1n) is 8.11. The zero-order chi connectivity index (χ0) is 17.6. The lowest BCUT2D eigenvalue weighted by atomic mass is 10.1. The molecule has 1 aliphatic heterocycles. The number of anilines is 1. The molecule has 0 radical (unpaired) electrons. The van der Waals surface area contributed by atoms with Crippen LogP contribution in [0.15, 0.2) is 59.7 Å². The van der Waals surface area contributed by atoms with Crippen LogP contribution in [0, 0.1) is 0 Å². The maximum Gasteiger partial charge on any atom is 0.267 e. The van der Waals surface area contributed by atoms with E-state index in [-0.39, 0.29) is 18.2 Å². The number of carbonyl (C=O) groups is 2. The van der Waals surface area contributed by atoms with Crippen LogP contribution < -0.4 is 10.3 Å². The molecule has 2 amide bonds. The number of nitrogens with zero attached hydrogens (tertiary/aromatic N) is 2. The molecule has 0 fully saturated rings. The van der Waals surface area contributed by atoms with Gasteiger partial charge in [-0.1, -0.05) is 41.9 Å². The fraction of sp³-hybridized carbons (Fsp3) is 0.211. The Morgan fingerprint density at radius 1 is 1.12 bits per heavy atom. The summed E-state index contributed by atoms with van der Waals surface area (Å²) >= 11 is 5.95. The van der Waals surface area contributed by atoms with Crippen LogP contribution in [0.4, 0.5) is 5.69 Å². The summed E-state index contributed by atoms with van der Waals surface area (Å²) in [6.07, 6.45) is 1.31. The van der Waals surface area contributed by atoms with Crippen molar-refractivity contribution in [2.45, 2.75) is 19.3 Å². The van der Waals surface area contributed by atoms with Gasteiger partial charge in [-0.2, -0.15) is 5.10 Å². The lowest BCUT2D eigenvalue weighted by Crippen LogP contribution is -2.39. The normalized spacial score (nSPS) is 14.2. The lowest BCUT2D eigenvalue weighted by Gasteiger charge is -2.23. The van der Waals surface area contributed by atoms with Crippen molar-refractivity contribution in [3.63, 3.8) is 0 Å². The number of nitrogens with one attached hydrogen (secondary N) is 1. The number of rotatable bonds is 5. The van der Waals surface area contributed by atoms with Gasteiger partial charge in [0, 0.05) is 24.4 Å². The maximum absolute atomic E-state index is 12.3. The van der Waals surface area contributed by atoms with Crippen LogP contribution in [-0.4, -0.2) is 24.1 Å². The third kappa shape index (κ3) is 4.45. The molecule has 1 N–H and O–H groups in total. The molecule has 0 saturated carbocycles. The Morgan fingerprint density at radius 3 is 2.68 bits per heavy atom. The van der Waals surface area contributed by atoms with Crippen LogP contribution in [0.3, 0.4) is 0 Å². The molecule has 1 heterocycles. The molecule has 0 atom stereocenters. The van der Waals surface area contributed by atoms with Crippen LogP contribution >= 0.6 is 11.6 Å². The van der Waals surface area contributed by atoms with Crippen molar-refractivity contribution in [2.24, 2.45) is 5.10 Å². The third-order valence-electron chi connectivity index (χ3n) is 3.88.